The lowest BCUT2D eigenvalue weighted by molar-refractivity contribution is -0.143. The number of rotatable bonds is 11. The second-order valence-corrected chi connectivity index (χ2v) is 11.3. The van der Waals surface area contributed by atoms with E-state index in [-0.39, 0.29) is 30.2 Å². The number of carboxylic acids is 1. The monoisotopic (exact) mass is 647 g/mol. The molecule has 2 N–H and O–H groups in total. The second kappa shape index (κ2) is 14.3. The van der Waals surface area contributed by atoms with Gasteiger partial charge in [0.15, 0.2) is 11.6 Å². The van der Waals surface area contributed by atoms with Gasteiger partial charge in [-0.3, -0.25) is 19.2 Å². The Kier molecular flexibility index (Phi) is 10.7. The van der Waals surface area contributed by atoms with E-state index in [1.807, 2.05) is 12.1 Å². The van der Waals surface area contributed by atoms with Crippen molar-refractivity contribution in [1.82, 2.24) is 5.32 Å². The fourth-order valence-corrected chi connectivity index (χ4v) is 5.59. The van der Waals surface area contributed by atoms with E-state index in [1.165, 1.54) is 24.3 Å². The summed E-state index contributed by atoms with van der Waals surface area (Å²) < 4.78 is 80.8. The lowest BCUT2D eigenvalue weighted by Crippen LogP contribution is -2.26. The van der Waals surface area contributed by atoms with E-state index in [0.717, 1.165) is 37.7 Å². The molecular formula is C34H31F6NO5. The molecule has 0 aromatic heterocycles. The summed E-state index contributed by atoms with van der Waals surface area (Å²) in [6.07, 6.45) is -6.03. The van der Waals surface area contributed by atoms with E-state index in [9.17, 15) is 45.5 Å². The molecule has 0 saturated heterocycles. The van der Waals surface area contributed by atoms with Gasteiger partial charge in [0.25, 0.3) is 5.91 Å². The molecule has 12 heteroatoms. The number of aliphatic carboxylic acids is 1. The quantitative estimate of drug-likeness (QED) is 0.161. The van der Waals surface area contributed by atoms with Crippen molar-refractivity contribution in [2.75, 3.05) is 6.54 Å². The minimum absolute atomic E-state index is 0.0521. The number of Topliss-reactive ketones (excluding diaryl/α,β-unsaturated/α-hetero) is 2. The molecule has 0 heterocycles. The van der Waals surface area contributed by atoms with Crippen molar-refractivity contribution < 1.29 is 50.6 Å². The zero-order valence-corrected chi connectivity index (χ0v) is 24.5. The van der Waals surface area contributed by atoms with Gasteiger partial charge in [-0.2, -0.15) is 26.3 Å². The number of alkyl halides is 6. The molecular weight excluding hydrogens is 616 g/mol. The molecule has 0 bridgehead atoms. The molecule has 0 radical (unpaired) electrons. The minimum Gasteiger partial charge on any atom is -0.481 e. The zero-order chi connectivity index (χ0) is 33.6. The van der Waals surface area contributed by atoms with Gasteiger partial charge in [-0.1, -0.05) is 55.7 Å². The number of hydrogen-bond donors (Lipinski definition) is 2. The largest absolute Gasteiger partial charge is 0.481 e. The van der Waals surface area contributed by atoms with Gasteiger partial charge >= 0.3 is 18.3 Å². The number of hydrogen-bond acceptors (Lipinski definition) is 4. The molecule has 1 aliphatic carbocycles. The van der Waals surface area contributed by atoms with Crippen LogP contribution in [0.15, 0.2) is 66.7 Å². The Hall–Kier alpha value is -4.48. The molecule has 0 aliphatic heterocycles. The summed E-state index contributed by atoms with van der Waals surface area (Å²) in [5.74, 6) is -4.34. The number of carboxylic acid groups (broad SMARTS) is 1. The number of benzene rings is 3. The average molecular weight is 648 g/mol. The average Bonchev–Trinajstić information content (AvgIpc) is 3.02. The highest BCUT2D eigenvalue weighted by Crippen LogP contribution is 2.38. The summed E-state index contributed by atoms with van der Waals surface area (Å²) in [7, 11) is 0. The maximum Gasteiger partial charge on any atom is 0.416 e. The van der Waals surface area contributed by atoms with E-state index in [0.29, 0.717) is 23.6 Å². The van der Waals surface area contributed by atoms with Crippen LogP contribution in [0.2, 0.25) is 0 Å². The first kappa shape index (κ1) is 34.4. The Balaban J connectivity index is 1.66. The van der Waals surface area contributed by atoms with Crippen molar-refractivity contribution in [3.63, 3.8) is 0 Å². The van der Waals surface area contributed by atoms with E-state index in [4.69, 9.17) is 5.11 Å². The van der Waals surface area contributed by atoms with E-state index >= 15 is 0 Å². The van der Waals surface area contributed by atoms with Gasteiger partial charge in [-0.25, -0.2) is 0 Å². The molecule has 3 aromatic carbocycles. The van der Waals surface area contributed by atoms with Crippen LogP contribution in [0.3, 0.4) is 0 Å². The van der Waals surface area contributed by atoms with Gasteiger partial charge < -0.3 is 10.4 Å². The van der Waals surface area contributed by atoms with E-state index < -0.39 is 64.8 Å². The minimum atomic E-state index is -5.15. The zero-order valence-electron chi connectivity index (χ0n) is 24.5. The van der Waals surface area contributed by atoms with Crippen LogP contribution in [0.5, 0.6) is 0 Å². The molecule has 1 saturated carbocycles. The first-order chi connectivity index (χ1) is 21.6. The summed E-state index contributed by atoms with van der Waals surface area (Å²) in [4.78, 5) is 50.2. The number of nitrogens with one attached hydrogen (secondary N) is 1. The van der Waals surface area contributed by atoms with Crippen LogP contribution in [-0.2, 0) is 17.1 Å². The summed E-state index contributed by atoms with van der Waals surface area (Å²) in [5.41, 5.74) is -2.54. The number of carbonyl (C=O) groups is 4. The first-order valence-electron chi connectivity index (χ1n) is 14.7. The lowest BCUT2D eigenvalue weighted by Gasteiger charge is -2.23. The molecule has 4 rings (SSSR count). The third-order valence-corrected chi connectivity index (χ3v) is 8.09. The van der Waals surface area contributed by atoms with Gasteiger partial charge in [0.1, 0.15) is 0 Å². The van der Waals surface area contributed by atoms with E-state index in [2.05, 4.69) is 5.32 Å². The highest BCUT2D eigenvalue weighted by Gasteiger charge is 2.38. The summed E-state index contributed by atoms with van der Waals surface area (Å²) in [6.45, 7) is -0.124. The molecule has 46 heavy (non-hydrogen) atoms. The van der Waals surface area contributed by atoms with Crippen molar-refractivity contribution in [2.45, 2.75) is 69.1 Å². The lowest BCUT2D eigenvalue weighted by atomic mass is 9.81. The summed E-state index contributed by atoms with van der Waals surface area (Å²) in [5, 5.41) is 11.2. The normalized spacial score (nSPS) is 14.8. The Morgan fingerprint density at radius 3 is 1.80 bits per heavy atom. The Morgan fingerprint density at radius 2 is 1.28 bits per heavy atom. The first-order valence-corrected chi connectivity index (χ1v) is 14.7. The van der Waals surface area contributed by atoms with Crippen molar-refractivity contribution in [3.05, 3.63) is 106 Å². The van der Waals surface area contributed by atoms with Crippen molar-refractivity contribution in [2.24, 2.45) is 0 Å². The van der Waals surface area contributed by atoms with Crippen LogP contribution in [0.4, 0.5) is 26.3 Å². The number of ketones is 2. The fraction of sp³-hybridized carbons (Fsp3) is 0.353. The van der Waals surface area contributed by atoms with Crippen LogP contribution in [0.25, 0.3) is 0 Å². The topological polar surface area (TPSA) is 101 Å². The molecule has 244 valence electrons. The molecule has 6 nitrogen and oxygen atoms in total. The predicted octanol–water partition coefficient (Wildman–Crippen LogP) is 8.22. The molecule has 1 fully saturated rings. The highest BCUT2D eigenvalue weighted by atomic mass is 19.4. The van der Waals surface area contributed by atoms with Gasteiger partial charge in [0, 0.05) is 29.7 Å². The van der Waals surface area contributed by atoms with Gasteiger partial charge in [0.2, 0.25) is 0 Å². The van der Waals surface area contributed by atoms with E-state index in [1.54, 1.807) is 12.1 Å². The van der Waals surface area contributed by atoms with Crippen LogP contribution in [0, 0.1) is 0 Å². The molecule has 0 spiro atoms. The molecule has 0 unspecified atom stereocenters. The highest BCUT2D eigenvalue weighted by molar-refractivity contribution is 6.06. The standard InChI is InChI=1S/C34H31F6NO5/c35-33(36,37)26-16-25(17-27(18-26)34(38,39)40)29(42)19-28(22-8-6-21(7-9-22)20-4-2-1-3-5-20)31(45)23-10-12-24(13-11-23)32(46)41-15-14-30(43)44/h6-13,16-18,20,28H,1-5,14-15,19H2,(H,41,46)(H,43,44)/t28-/m0/s1. The molecule has 1 aliphatic rings. The van der Waals surface area contributed by atoms with Gasteiger partial charge in [0.05, 0.1) is 23.5 Å². The Labute approximate surface area is 260 Å². The van der Waals surface area contributed by atoms with Crippen LogP contribution in [-0.4, -0.2) is 35.1 Å². The third kappa shape index (κ3) is 8.82. The smallest absolute Gasteiger partial charge is 0.416 e. The van der Waals surface area contributed by atoms with Crippen molar-refractivity contribution >= 4 is 23.4 Å². The number of halogens is 6. The van der Waals surface area contributed by atoms with Gasteiger partial charge in [-0.05, 0) is 60.2 Å². The molecule has 1 atom stereocenters. The van der Waals surface area contributed by atoms with Crippen molar-refractivity contribution in [1.29, 1.82) is 0 Å². The number of amides is 1. The van der Waals surface area contributed by atoms with Crippen LogP contribution in [0.1, 0.15) is 110 Å². The maximum absolute atomic E-state index is 13.8. The summed E-state index contributed by atoms with van der Waals surface area (Å²) >= 11 is 0. The Bertz CT molecular complexity index is 1540. The number of carbonyl (C=O) groups excluding carboxylic acids is 3. The van der Waals surface area contributed by atoms with Crippen molar-refractivity contribution in [3.8, 4) is 0 Å². The SMILES string of the molecule is O=C(O)CCNC(=O)c1ccc(C(=O)[C@@H](CC(=O)c2cc(C(F)(F)F)cc(C(F)(F)F)c2)c2ccc(C3CCCCC3)cc2)cc1. The maximum atomic E-state index is 13.8. The fourth-order valence-electron chi connectivity index (χ4n) is 5.59. The molecule has 1 amide bonds. The Morgan fingerprint density at radius 1 is 0.739 bits per heavy atom. The molecule has 3 aromatic rings. The predicted molar refractivity (Wildman–Crippen MR) is 156 cm³/mol. The van der Waals surface area contributed by atoms with Crippen LogP contribution >= 0.6 is 0 Å². The van der Waals surface area contributed by atoms with Crippen LogP contribution < -0.4 is 5.32 Å². The second-order valence-electron chi connectivity index (χ2n) is 11.3. The third-order valence-electron chi connectivity index (χ3n) is 8.09. The summed E-state index contributed by atoms with van der Waals surface area (Å²) in [6, 6.07) is 12.8. The van der Waals surface area contributed by atoms with Gasteiger partial charge in [-0.15, -0.1) is 0 Å².